The number of hydrogen-bond acceptors (Lipinski definition) is 6. The van der Waals surface area contributed by atoms with Crippen molar-refractivity contribution in [1.29, 1.82) is 0 Å². The molecule has 2 heterocycles. The van der Waals surface area contributed by atoms with E-state index in [-0.39, 0.29) is 0 Å². The smallest absolute Gasteiger partial charge is 0.187 e. The Morgan fingerprint density at radius 1 is 1.23 bits per heavy atom. The van der Waals surface area contributed by atoms with Crippen LogP contribution in [0, 0.1) is 0 Å². The first-order valence-corrected chi connectivity index (χ1v) is 12.4. The largest absolute Gasteiger partial charge is 0.492 e. The third-order valence-corrected chi connectivity index (χ3v) is 5.99. The van der Waals surface area contributed by atoms with Gasteiger partial charge in [-0.05, 0) is 49.5 Å². The van der Waals surface area contributed by atoms with Gasteiger partial charge in [0.05, 0.1) is 36.7 Å². The van der Waals surface area contributed by atoms with Crippen molar-refractivity contribution >= 4 is 35.1 Å². The number of aromatic nitrogens is 2. The number of rotatable bonds is 9. The van der Waals surface area contributed by atoms with Gasteiger partial charge in [0, 0.05) is 43.5 Å². The quantitative estimate of drug-likeness (QED) is 0.257. The predicted molar refractivity (Wildman–Crippen MR) is 144 cm³/mol. The number of hydrogen-bond donors (Lipinski definition) is 2. The molecule has 0 saturated carbocycles. The molecule has 0 amide bonds. The highest BCUT2D eigenvalue weighted by atomic mass is 35.5. The lowest BCUT2D eigenvalue weighted by Crippen LogP contribution is -2.42. The van der Waals surface area contributed by atoms with Crippen LogP contribution in [0.15, 0.2) is 59.8 Å². The summed E-state index contributed by atoms with van der Waals surface area (Å²) in [5, 5.41) is 13.3. The van der Waals surface area contributed by atoms with Crippen LogP contribution in [0.2, 0.25) is 5.02 Å². The summed E-state index contributed by atoms with van der Waals surface area (Å²) in [7, 11) is 0. The molecular weight excluding hydrogens is 484 g/mol. The van der Waals surface area contributed by atoms with Gasteiger partial charge in [0.25, 0.3) is 0 Å². The van der Waals surface area contributed by atoms with Crippen LogP contribution >= 0.6 is 23.8 Å². The molecule has 35 heavy (non-hydrogen) atoms. The molecule has 0 aliphatic carbocycles. The number of hydrazone groups is 1. The van der Waals surface area contributed by atoms with Gasteiger partial charge in [0.15, 0.2) is 5.11 Å². The molecule has 1 aromatic heterocycles. The fourth-order valence-corrected chi connectivity index (χ4v) is 4.08. The van der Waals surface area contributed by atoms with E-state index in [2.05, 4.69) is 20.7 Å². The lowest BCUT2D eigenvalue weighted by molar-refractivity contribution is 0.0389. The van der Waals surface area contributed by atoms with Gasteiger partial charge in [0.2, 0.25) is 0 Å². The SMILES string of the molecule is CCOc1ccc(-c2nn(-c3ccccc3)cc2C=NNC(=S)NCCN2CCOCC2)cc1Cl. The number of benzene rings is 2. The highest BCUT2D eigenvalue weighted by Crippen LogP contribution is 2.31. The van der Waals surface area contributed by atoms with Gasteiger partial charge in [-0.1, -0.05) is 29.8 Å². The van der Waals surface area contributed by atoms with Crippen molar-refractivity contribution in [3.05, 3.63) is 65.3 Å². The van der Waals surface area contributed by atoms with Gasteiger partial charge in [-0.3, -0.25) is 10.3 Å². The molecule has 3 aromatic rings. The molecule has 4 rings (SSSR count). The molecule has 1 aliphatic heterocycles. The van der Waals surface area contributed by atoms with Crippen LogP contribution in [0.1, 0.15) is 12.5 Å². The van der Waals surface area contributed by atoms with E-state index in [0.717, 1.165) is 61.9 Å². The maximum absolute atomic E-state index is 6.44. The molecule has 1 aliphatic rings. The number of nitrogens with zero attached hydrogens (tertiary/aromatic N) is 4. The molecule has 0 bridgehead atoms. The van der Waals surface area contributed by atoms with Crippen LogP contribution in [0.25, 0.3) is 16.9 Å². The van der Waals surface area contributed by atoms with E-state index >= 15 is 0 Å². The zero-order valence-corrected chi connectivity index (χ0v) is 21.2. The Morgan fingerprint density at radius 2 is 2.03 bits per heavy atom. The van der Waals surface area contributed by atoms with E-state index in [1.165, 1.54) is 0 Å². The molecule has 0 unspecified atom stereocenters. The number of morpholine rings is 1. The van der Waals surface area contributed by atoms with Crippen molar-refractivity contribution in [3.8, 4) is 22.7 Å². The monoisotopic (exact) mass is 512 g/mol. The summed E-state index contributed by atoms with van der Waals surface area (Å²) in [5.74, 6) is 0.644. The van der Waals surface area contributed by atoms with Crippen molar-refractivity contribution < 1.29 is 9.47 Å². The minimum Gasteiger partial charge on any atom is -0.492 e. The van der Waals surface area contributed by atoms with Gasteiger partial charge in [0.1, 0.15) is 11.4 Å². The molecule has 0 atom stereocenters. The van der Waals surface area contributed by atoms with E-state index in [9.17, 15) is 0 Å². The molecule has 0 spiro atoms. The summed E-state index contributed by atoms with van der Waals surface area (Å²) < 4.78 is 12.8. The maximum atomic E-state index is 6.44. The predicted octanol–water partition coefficient (Wildman–Crippen LogP) is 3.72. The van der Waals surface area contributed by atoms with Gasteiger partial charge >= 0.3 is 0 Å². The zero-order chi connectivity index (χ0) is 24.5. The lowest BCUT2D eigenvalue weighted by atomic mass is 10.1. The van der Waals surface area contributed by atoms with Crippen molar-refractivity contribution in [3.63, 3.8) is 0 Å². The average Bonchev–Trinajstić information content (AvgIpc) is 3.31. The summed E-state index contributed by atoms with van der Waals surface area (Å²) in [6, 6.07) is 15.6. The summed E-state index contributed by atoms with van der Waals surface area (Å²) in [6.45, 7) is 7.58. The number of halogens is 1. The van der Waals surface area contributed by atoms with Gasteiger partial charge in [-0.25, -0.2) is 4.68 Å². The molecule has 2 aromatic carbocycles. The van der Waals surface area contributed by atoms with E-state index in [4.69, 9.17) is 38.4 Å². The Bertz CT molecular complexity index is 1150. The van der Waals surface area contributed by atoms with Gasteiger partial charge < -0.3 is 14.8 Å². The Balaban J connectivity index is 1.46. The minimum atomic E-state index is 0.468. The van der Waals surface area contributed by atoms with Crippen LogP contribution in [0.3, 0.4) is 0 Å². The first-order chi connectivity index (χ1) is 17.1. The molecule has 184 valence electrons. The van der Waals surface area contributed by atoms with Crippen molar-refractivity contribution in [2.24, 2.45) is 5.10 Å². The Kier molecular flexibility index (Phi) is 9.08. The summed E-state index contributed by atoms with van der Waals surface area (Å²) >= 11 is 11.8. The minimum absolute atomic E-state index is 0.468. The normalized spacial score (nSPS) is 14.2. The third kappa shape index (κ3) is 7.02. The first kappa shape index (κ1) is 25.1. The number of para-hydroxylation sites is 1. The first-order valence-electron chi connectivity index (χ1n) is 11.6. The molecule has 10 heteroatoms. The molecule has 1 fully saturated rings. The summed E-state index contributed by atoms with van der Waals surface area (Å²) in [4.78, 5) is 2.34. The molecular formula is C25H29ClN6O2S. The molecule has 2 N–H and O–H groups in total. The third-order valence-electron chi connectivity index (χ3n) is 5.46. The highest BCUT2D eigenvalue weighted by Gasteiger charge is 2.14. The van der Waals surface area contributed by atoms with Crippen LogP contribution in [0.4, 0.5) is 0 Å². The van der Waals surface area contributed by atoms with Crippen LogP contribution < -0.4 is 15.5 Å². The van der Waals surface area contributed by atoms with Crippen LogP contribution in [0.5, 0.6) is 5.75 Å². The Labute approximate surface area is 215 Å². The standard InChI is InChI=1S/C25H29ClN6O2S/c1-2-34-23-9-8-19(16-22(23)26)24-20(18-32(30-24)21-6-4-3-5-7-21)17-28-29-25(35)27-10-11-31-12-14-33-15-13-31/h3-9,16-18H,2,10-15H2,1H3,(H2,27,29,35). The maximum Gasteiger partial charge on any atom is 0.187 e. The number of ether oxygens (including phenoxy) is 2. The van der Waals surface area contributed by atoms with Gasteiger partial charge in [-0.15, -0.1) is 0 Å². The number of thiocarbonyl (C=S) groups is 1. The van der Waals surface area contributed by atoms with Crippen LogP contribution in [-0.2, 0) is 4.74 Å². The fourth-order valence-electron chi connectivity index (χ4n) is 3.69. The Hall–Kier alpha value is -2.98. The second-order valence-electron chi connectivity index (χ2n) is 7.87. The van der Waals surface area contributed by atoms with Crippen molar-refractivity contribution in [1.82, 2.24) is 25.4 Å². The average molecular weight is 513 g/mol. The summed E-state index contributed by atoms with van der Waals surface area (Å²) in [6.07, 6.45) is 3.64. The van der Waals surface area contributed by atoms with E-state index in [1.54, 1.807) is 6.21 Å². The van der Waals surface area contributed by atoms with Gasteiger partial charge in [-0.2, -0.15) is 10.2 Å². The van der Waals surface area contributed by atoms with Crippen molar-refractivity contribution in [2.45, 2.75) is 6.92 Å². The zero-order valence-electron chi connectivity index (χ0n) is 19.6. The molecule has 8 nitrogen and oxygen atoms in total. The second kappa shape index (κ2) is 12.6. The second-order valence-corrected chi connectivity index (χ2v) is 8.69. The summed E-state index contributed by atoms with van der Waals surface area (Å²) in [5.41, 5.74) is 6.27. The topological polar surface area (TPSA) is 75.9 Å². The van der Waals surface area contributed by atoms with Crippen molar-refractivity contribution in [2.75, 3.05) is 46.0 Å². The van der Waals surface area contributed by atoms with E-state index < -0.39 is 0 Å². The number of nitrogens with one attached hydrogen (secondary N) is 2. The molecule has 1 saturated heterocycles. The van der Waals surface area contributed by atoms with Crippen LogP contribution in [-0.4, -0.2) is 72.0 Å². The Morgan fingerprint density at radius 3 is 2.77 bits per heavy atom. The molecule has 0 radical (unpaired) electrons. The lowest BCUT2D eigenvalue weighted by Gasteiger charge is -2.26. The highest BCUT2D eigenvalue weighted by molar-refractivity contribution is 7.80. The van der Waals surface area contributed by atoms with E-state index in [1.807, 2.05) is 66.3 Å². The van der Waals surface area contributed by atoms with E-state index in [0.29, 0.717) is 22.5 Å². The fraction of sp³-hybridized carbons (Fsp3) is 0.320.